The van der Waals surface area contributed by atoms with Gasteiger partial charge in [0.1, 0.15) is 0 Å². The maximum atomic E-state index is 12.5. The van der Waals surface area contributed by atoms with E-state index >= 15 is 0 Å². The summed E-state index contributed by atoms with van der Waals surface area (Å²) in [6, 6.07) is -0.537. The zero-order valence-electron chi connectivity index (χ0n) is 53.4. The van der Waals surface area contributed by atoms with Crippen molar-refractivity contribution in [2.75, 3.05) is 13.2 Å². The van der Waals surface area contributed by atoms with Crippen LogP contribution in [0.15, 0.2) is 36.5 Å². The molecule has 0 aliphatic carbocycles. The Labute approximate surface area is 494 Å². The van der Waals surface area contributed by atoms with Gasteiger partial charge in [0.05, 0.1) is 25.4 Å². The molecule has 0 heterocycles. The average Bonchev–Trinajstić information content (AvgIpc) is 3.45. The first-order chi connectivity index (χ1) is 39.0. The number of unbranched alkanes of at least 4 members (excludes halogenated alkanes) is 50. The van der Waals surface area contributed by atoms with Crippen molar-refractivity contribution in [3.8, 4) is 0 Å². The maximum Gasteiger partial charge on any atom is 0.305 e. The van der Waals surface area contributed by atoms with Gasteiger partial charge in [-0.3, -0.25) is 9.59 Å². The Morgan fingerprint density at radius 2 is 0.633 bits per heavy atom. The molecular formula is C73H139NO5. The number of allylic oxidation sites excluding steroid dienone is 6. The van der Waals surface area contributed by atoms with Crippen LogP contribution in [0.5, 0.6) is 0 Å². The Balaban J connectivity index is 3.32. The molecule has 0 radical (unpaired) electrons. The molecule has 0 aromatic rings. The first-order valence-corrected chi connectivity index (χ1v) is 35.7. The summed E-state index contributed by atoms with van der Waals surface area (Å²) in [6.07, 6.45) is 87.8. The molecule has 0 saturated carbocycles. The van der Waals surface area contributed by atoms with Crippen LogP contribution in [0, 0.1) is 0 Å². The third-order valence-electron chi connectivity index (χ3n) is 16.7. The summed E-state index contributed by atoms with van der Waals surface area (Å²) in [5.74, 6) is -0.0238. The van der Waals surface area contributed by atoms with Gasteiger partial charge in [-0.05, 0) is 83.5 Å². The fourth-order valence-corrected chi connectivity index (χ4v) is 11.2. The van der Waals surface area contributed by atoms with Gasteiger partial charge >= 0.3 is 5.97 Å². The highest BCUT2D eigenvalue weighted by Gasteiger charge is 2.20. The van der Waals surface area contributed by atoms with E-state index in [1.165, 1.54) is 308 Å². The molecule has 466 valence electrons. The number of hydrogen-bond acceptors (Lipinski definition) is 5. The molecule has 1 amide bonds. The summed E-state index contributed by atoms with van der Waals surface area (Å²) < 4.78 is 5.49. The molecule has 0 spiro atoms. The molecule has 0 aromatic heterocycles. The molecule has 6 heteroatoms. The van der Waals surface area contributed by atoms with Crippen molar-refractivity contribution in [1.29, 1.82) is 0 Å². The molecule has 0 aromatic carbocycles. The Morgan fingerprint density at radius 3 is 1.00 bits per heavy atom. The third-order valence-corrected chi connectivity index (χ3v) is 16.7. The zero-order chi connectivity index (χ0) is 57.1. The minimum atomic E-state index is -0.660. The van der Waals surface area contributed by atoms with E-state index in [-0.39, 0.29) is 18.5 Å². The second kappa shape index (κ2) is 68.6. The van der Waals surface area contributed by atoms with Crippen LogP contribution in [0.1, 0.15) is 393 Å². The van der Waals surface area contributed by atoms with E-state index in [0.717, 1.165) is 51.4 Å². The van der Waals surface area contributed by atoms with Gasteiger partial charge in [0.25, 0.3) is 0 Å². The van der Waals surface area contributed by atoms with Crippen LogP contribution in [0.3, 0.4) is 0 Å². The molecular weight excluding hydrogens is 971 g/mol. The van der Waals surface area contributed by atoms with E-state index in [0.29, 0.717) is 25.9 Å². The van der Waals surface area contributed by atoms with Gasteiger partial charge in [-0.1, -0.05) is 333 Å². The fourth-order valence-electron chi connectivity index (χ4n) is 11.2. The number of esters is 1. The van der Waals surface area contributed by atoms with Crippen molar-refractivity contribution in [2.45, 2.75) is 405 Å². The fraction of sp³-hybridized carbons (Fsp3) is 0.890. The number of carbonyl (C=O) groups excluding carboxylic acids is 2. The van der Waals surface area contributed by atoms with Crippen molar-refractivity contribution in [1.82, 2.24) is 5.32 Å². The maximum absolute atomic E-state index is 12.5. The molecule has 2 atom stereocenters. The van der Waals surface area contributed by atoms with Gasteiger partial charge in [-0.25, -0.2) is 0 Å². The molecule has 0 saturated heterocycles. The number of rotatable bonds is 67. The van der Waals surface area contributed by atoms with Gasteiger partial charge in [0, 0.05) is 12.8 Å². The van der Waals surface area contributed by atoms with Crippen LogP contribution in [-0.2, 0) is 14.3 Å². The van der Waals surface area contributed by atoms with Crippen molar-refractivity contribution >= 4 is 11.9 Å². The summed E-state index contributed by atoms with van der Waals surface area (Å²) >= 11 is 0. The molecule has 0 aliphatic rings. The van der Waals surface area contributed by atoms with Crippen LogP contribution in [0.25, 0.3) is 0 Å². The average molecular weight is 1110 g/mol. The number of carbonyl (C=O) groups is 2. The van der Waals surface area contributed by atoms with Crippen molar-refractivity contribution < 1.29 is 24.5 Å². The molecule has 79 heavy (non-hydrogen) atoms. The number of amides is 1. The van der Waals surface area contributed by atoms with E-state index in [4.69, 9.17) is 4.74 Å². The third kappa shape index (κ3) is 65.1. The minimum absolute atomic E-state index is 0.00640. The molecule has 0 fully saturated rings. The van der Waals surface area contributed by atoms with Crippen LogP contribution in [0.4, 0.5) is 0 Å². The van der Waals surface area contributed by atoms with E-state index < -0.39 is 12.1 Å². The number of aliphatic hydroxyl groups excluding tert-OH is 2. The van der Waals surface area contributed by atoms with E-state index in [1.807, 2.05) is 0 Å². The predicted molar refractivity (Wildman–Crippen MR) is 347 cm³/mol. The van der Waals surface area contributed by atoms with Gasteiger partial charge in [0.2, 0.25) is 5.91 Å². The van der Waals surface area contributed by atoms with Crippen LogP contribution in [0.2, 0.25) is 0 Å². The van der Waals surface area contributed by atoms with Crippen molar-refractivity contribution in [3.05, 3.63) is 36.5 Å². The van der Waals surface area contributed by atoms with Crippen LogP contribution < -0.4 is 5.32 Å². The Morgan fingerprint density at radius 1 is 0.354 bits per heavy atom. The monoisotopic (exact) mass is 1110 g/mol. The number of aliphatic hydroxyl groups is 2. The quantitative estimate of drug-likeness (QED) is 0.0320. The molecule has 6 nitrogen and oxygen atoms in total. The summed E-state index contributed by atoms with van der Waals surface area (Å²) in [5.41, 5.74) is 0. The Hall–Kier alpha value is -1.92. The minimum Gasteiger partial charge on any atom is -0.466 e. The van der Waals surface area contributed by atoms with Crippen LogP contribution in [-0.4, -0.2) is 47.4 Å². The summed E-state index contributed by atoms with van der Waals surface area (Å²) in [7, 11) is 0. The highest BCUT2D eigenvalue weighted by atomic mass is 16.5. The summed E-state index contributed by atoms with van der Waals surface area (Å²) in [5, 5.41) is 23.3. The summed E-state index contributed by atoms with van der Waals surface area (Å²) in [6.45, 7) is 4.94. The van der Waals surface area contributed by atoms with E-state index in [2.05, 4.69) is 55.6 Å². The zero-order valence-corrected chi connectivity index (χ0v) is 53.4. The predicted octanol–water partition coefficient (Wildman–Crippen LogP) is 23.1. The van der Waals surface area contributed by atoms with Crippen molar-refractivity contribution in [3.63, 3.8) is 0 Å². The Bertz CT molecular complexity index is 1280. The smallest absolute Gasteiger partial charge is 0.305 e. The topological polar surface area (TPSA) is 95.9 Å². The highest BCUT2D eigenvalue weighted by Crippen LogP contribution is 2.19. The number of nitrogens with one attached hydrogen (secondary N) is 1. The molecule has 3 N–H and O–H groups in total. The number of hydrogen-bond donors (Lipinski definition) is 3. The van der Waals surface area contributed by atoms with Gasteiger partial charge in [0.15, 0.2) is 0 Å². The second-order valence-corrected chi connectivity index (χ2v) is 24.6. The lowest BCUT2D eigenvalue weighted by atomic mass is 10.0. The largest absolute Gasteiger partial charge is 0.466 e. The van der Waals surface area contributed by atoms with Crippen LogP contribution >= 0.6 is 0 Å². The lowest BCUT2D eigenvalue weighted by molar-refractivity contribution is -0.143. The first-order valence-electron chi connectivity index (χ1n) is 35.7. The lowest BCUT2D eigenvalue weighted by Crippen LogP contribution is -2.45. The lowest BCUT2D eigenvalue weighted by Gasteiger charge is -2.22. The number of ether oxygens (including phenoxy) is 1. The molecule has 0 rings (SSSR count). The first kappa shape index (κ1) is 77.1. The summed E-state index contributed by atoms with van der Waals surface area (Å²) in [4.78, 5) is 24.5. The van der Waals surface area contributed by atoms with E-state index in [1.54, 1.807) is 0 Å². The van der Waals surface area contributed by atoms with Gasteiger partial charge < -0.3 is 20.3 Å². The van der Waals surface area contributed by atoms with E-state index in [9.17, 15) is 19.8 Å². The second-order valence-electron chi connectivity index (χ2n) is 24.6. The van der Waals surface area contributed by atoms with Gasteiger partial charge in [-0.15, -0.1) is 0 Å². The van der Waals surface area contributed by atoms with Crippen molar-refractivity contribution in [2.24, 2.45) is 0 Å². The molecule has 2 unspecified atom stereocenters. The molecule has 0 aliphatic heterocycles. The standard InChI is InChI=1S/C73H139NO5/c1-3-5-7-9-11-13-15-17-39-43-47-51-55-59-63-67-73(78)79-68-64-60-56-52-48-44-41-38-36-34-32-30-28-26-24-22-20-18-19-21-23-25-27-29-31-33-35-37-40-42-46-50-54-58-62-66-72(77)74-70(69-75)71(76)65-61-57-53-49-45-16-14-12-10-8-6-4-2/h11,13,17,20,22,39,70-71,75-76H,3-10,12,14-16,18-19,21,23-38,40-69H2,1-2H3,(H,74,77)/b13-11-,22-20-,39-17-. The Kier molecular flexibility index (Phi) is 66.9. The van der Waals surface area contributed by atoms with Gasteiger partial charge in [-0.2, -0.15) is 0 Å². The highest BCUT2D eigenvalue weighted by molar-refractivity contribution is 5.76. The molecule has 0 bridgehead atoms. The SMILES string of the molecule is CCCCC/C=C\C/C=C\CCCCCCCC(=O)OCCCCCCCCCCCCCCCC/C=C\CCCCCCCCCCCCCCCCCCCC(=O)NC(CO)C(O)CCCCCCCCCCCCCC. The normalized spacial score (nSPS) is 12.7.